The number of pyridine rings is 1. The molecule has 1 aromatic rings. The molecule has 2 unspecified atom stereocenters. The lowest BCUT2D eigenvalue weighted by atomic mass is 9.82. The van der Waals surface area contributed by atoms with Gasteiger partial charge in [0.05, 0.1) is 5.60 Å². The first-order valence-corrected chi connectivity index (χ1v) is 6.27. The molecule has 1 aromatic heterocycles. The van der Waals surface area contributed by atoms with Crippen LogP contribution in [-0.2, 0) is 4.74 Å². The minimum atomic E-state index is 0.0760. The van der Waals surface area contributed by atoms with Crippen molar-refractivity contribution >= 4 is 0 Å². The third-order valence-corrected chi connectivity index (χ3v) is 3.97. The van der Waals surface area contributed by atoms with Gasteiger partial charge in [0, 0.05) is 24.4 Å². The monoisotopic (exact) mass is 216 g/mol. The molecule has 1 aliphatic carbocycles. The summed E-state index contributed by atoms with van der Waals surface area (Å²) < 4.78 is 6.12. The molecule has 1 radical (unpaired) electrons. The van der Waals surface area contributed by atoms with E-state index in [4.69, 9.17) is 4.74 Å². The molecule has 0 amide bonds. The van der Waals surface area contributed by atoms with Crippen molar-refractivity contribution in [3.8, 4) is 0 Å². The zero-order valence-electron chi connectivity index (χ0n) is 9.56. The lowest BCUT2D eigenvalue weighted by Crippen LogP contribution is -2.39. The van der Waals surface area contributed by atoms with Crippen LogP contribution in [0.3, 0.4) is 0 Å². The van der Waals surface area contributed by atoms with E-state index in [-0.39, 0.29) is 5.60 Å². The number of nitrogens with zero attached hydrogens (tertiary/aromatic N) is 1. The Hall–Kier alpha value is -0.890. The second kappa shape index (κ2) is 4.17. The number of rotatable bonds is 1. The Balaban J connectivity index is 1.89. The van der Waals surface area contributed by atoms with E-state index in [1.54, 1.807) is 0 Å². The first kappa shape index (κ1) is 10.3. The topological polar surface area (TPSA) is 22.1 Å². The third kappa shape index (κ3) is 1.65. The van der Waals surface area contributed by atoms with Crippen LogP contribution in [-0.4, -0.2) is 17.2 Å². The predicted octanol–water partition coefficient (Wildman–Crippen LogP) is 3.10. The zero-order valence-corrected chi connectivity index (χ0v) is 9.56. The van der Waals surface area contributed by atoms with Gasteiger partial charge in [-0.1, -0.05) is 6.07 Å². The number of hydrogen-bond donors (Lipinski definition) is 0. The average molecular weight is 216 g/mol. The van der Waals surface area contributed by atoms with Crippen molar-refractivity contribution in [2.45, 2.75) is 43.6 Å². The van der Waals surface area contributed by atoms with Crippen LogP contribution in [0.1, 0.15) is 43.7 Å². The van der Waals surface area contributed by atoms with E-state index in [0.29, 0.717) is 5.92 Å². The molecule has 2 heteroatoms. The molecule has 2 heterocycles. The molecular weight excluding hydrogens is 198 g/mol. The van der Waals surface area contributed by atoms with Crippen molar-refractivity contribution < 1.29 is 4.74 Å². The second-order valence-corrected chi connectivity index (χ2v) is 4.89. The molecule has 0 bridgehead atoms. The van der Waals surface area contributed by atoms with Crippen LogP contribution in [0.15, 0.2) is 24.4 Å². The first-order valence-electron chi connectivity index (χ1n) is 6.27. The summed E-state index contributed by atoms with van der Waals surface area (Å²) in [6.45, 7) is 0.892. The van der Waals surface area contributed by atoms with Gasteiger partial charge in [-0.15, -0.1) is 0 Å². The van der Waals surface area contributed by atoms with E-state index in [1.165, 1.54) is 25.0 Å². The molecule has 85 valence electrons. The molecule has 16 heavy (non-hydrogen) atoms. The normalized spacial score (nSPS) is 34.4. The third-order valence-electron chi connectivity index (χ3n) is 3.97. The van der Waals surface area contributed by atoms with Crippen LogP contribution in [0.4, 0.5) is 0 Å². The summed E-state index contributed by atoms with van der Waals surface area (Å²) in [4.78, 5) is 4.52. The van der Waals surface area contributed by atoms with Crippen molar-refractivity contribution in [2.24, 2.45) is 0 Å². The van der Waals surface area contributed by atoms with Crippen LogP contribution < -0.4 is 0 Å². The van der Waals surface area contributed by atoms with Crippen LogP contribution in [0.2, 0.25) is 0 Å². The molecule has 2 fully saturated rings. The first-order chi connectivity index (χ1) is 7.91. The SMILES string of the molecule is [CH]1CCOC2(C1)CCCC2c1ccccn1. The molecule has 1 spiro atoms. The van der Waals surface area contributed by atoms with Gasteiger partial charge in [0.25, 0.3) is 0 Å². The zero-order chi connectivity index (χ0) is 10.8. The summed E-state index contributed by atoms with van der Waals surface area (Å²) in [7, 11) is 0. The maximum absolute atomic E-state index is 6.12. The Morgan fingerprint density at radius 1 is 1.38 bits per heavy atom. The fourth-order valence-corrected chi connectivity index (χ4v) is 3.21. The van der Waals surface area contributed by atoms with Gasteiger partial charge in [0.2, 0.25) is 0 Å². The molecule has 3 rings (SSSR count). The maximum Gasteiger partial charge on any atom is 0.0768 e. The Bertz CT molecular complexity index is 343. The number of aromatic nitrogens is 1. The van der Waals surface area contributed by atoms with Crippen LogP contribution in [0.25, 0.3) is 0 Å². The average Bonchev–Trinajstić information content (AvgIpc) is 2.75. The lowest BCUT2D eigenvalue weighted by molar-refractivity contribution is -0.0703. The smallest absolute Gasteiger partial charge is 0.0768 e. The standard InChI is InChI=1S/C14H18NO/c1-3-10-15-13(7-1)12-6-5-9-14(12)8-2-4-11-16-14/h1-3,7,10,12H,4-6,8-9,11H2. The van der Waals surface area contributed by atoms with Crippen LogP contribution >= 0.6 is 0 Å². The van der Waals surface area contributed by atoms with Gasteiger partial charge in [-0.2, -0.15) is 0 Å². The molecule has 2 aliphatic rings. The van der Waals surface area contributed by atoms with E-state index in [0.717, 1.165) is 19.4 Å². The minimum absolute atomic E-state index is 0.0760. The van der Waals surface area contributed by atoms with Crippen LogP contribution in [0.5, 0.6) is 0 Å². The van der Waals surface area contributed by atoms with Crippen molar-refractivity contribution in [1.82, 2.24) is 4.98 Å². The maximum atomic E-state index is 6.12. The summed E-state index contributed by atoms with van der Waals surface area (Å²) in [6, 6.07) is 6.22. The Labute approximate surface area is 97.0 Å². The Morgan fingerprint density at radius 2 is 2.38 bits per heavy atom. The fourth-order valence-electron chi connectivity index (χ4n) is 3.21. The Morgan fingerprint density at radius 3 is 3.12 bits per heavy atom. The summed E-state index contributed by atoms with van der Waals surface area (Å²) in [6.07, 6.45) is 10.2. The molecule has 1 saturated carbocycles. The summed E-state index contributed by atoms with van der Waals surface area (Å²) >= 11 is 0. The highest BCUT2D eigenvalue weighted by molar-refractivity contribution is 5.19. The molecule has 0 N–H and O–H groups in total. The Kier molecular flexibility index (Phi) is 2.68. The van der Waals surface area contributed by atoms with E-state index >= 15 is 0 Å². The van der Waals surface area contributed by atoms with E-state index in [9.17, 15) is 0 Å². The highest BCUT2D eigenvalue weighted by atomic mass is 16.5. The summed E-state index contributed by atoms with van der Waals surface area (Å²) in [5, 5.41) is 0. The molecule has 1 saturated heterocycles. The molecule has 0 aromatic carbocycles. The minimum Gasteiger partial charge on any atom is -0.374 e. The van der Waals surface area contributed by atoms with Crippen molar-refractivity contribution in [2.75, 3.05) is 6.61 Å². The van der Waals surface area contributed by atoms with Gasteiger partial charge < -0.3 is 4.74 Å². The molecular formula is C14H18NO. The number of hydrogen-bond acceptors (Lipinski definition) is 2. The highest BCUT2D eigenvalue weighted by Gasteiger charge is 2.46. The van der Waals surface area contributed by atoms with E-state index < -0.39 is 0 Å². The molecule has 2 nitrogen and oxygen atoms in total. The van der Waals surface area contributed by atoms with Gasteiger partial charge in [-0.25, -0.2) is 0 Å². The lowest BCUT2D eigenvalue weighted by Gasteiger charge is -2.38. The van der Waals surface area contributed by atoms with E-state index in [1.807, 2.05) is 12.3 Å². The van der Waals surface area contributed by atoms with Crippen molar-refractivity contribution in [1.29, 1.82) is 0 Å². The largest absolute Gasteiger partial charge is 0.374 e. The van der Waals surface area contributed by atoms with Gasteiger partial charge in [0.1, 0.15) is 0 Å². The van der Waals surface area contributed by atoms with E-state index in [2.05, 4.69) is 23.5 Å². The van der Waals surface area contributed by atoms with Gasteiger partial charge in [0.15, 0.2) is 0 Å². The summed E-state index contributed by atoms with van der Waals surface area (Å²) in [5.74, 6) is 0.505. The predicted molar refractivity (Wildman–Crippen MR) is 63.0 cm³/mol. The molecule has 2 atom stereocenters. The van der Waals surface area contributed by atoms with Crippen molar-refractivity contribution in [3.05, 3.63) is 36.5 Å². The fraction of sp³-hybridized carbons (Fsp3) is 0.571. The van der Waals surface area contributed by atoms with Crippen LogP contribution in [0, 0.1) is 6.42 Å². The molecule has 1 aliphatic heterocycles. The van der Waals surface area contributed by atoms with Gasteiger partial charge in [-0.3, -0.25) is 4.98 Å². The van der Waals surface area contributed by atoms with Gasteiger partial charge in [-0.05, 0) is 50.7 Å². The highest BCUT2D eigenvalue weighted by Crippen LogP contribution is 2.48. The summed E-state index contributed by atoms with van der Waals surface area (Å²) in [5.41, 5.74) is 1.29. The number of ether oxygens (including phenoxy) is 1. The second-order valence-electron chi connectivity index (χ2n) is 4.89. The quantitative estimate of drug-likeness (QED) is 0.719. The van der Waals surface area contributed by atoms with Crippen molar-refractivity contribution in [3.63, 3.8) is 0 Å². The van der Waals surface area contributed by atoms with Gasteiger partial charge >= 0.3 is 0 Å².